The SMILES string of the molecule is CCC(C)NC1CCc2ccc(F)cc21. The van der Waals surface area contributed by atoms with E-state index in [0.29, 0.717) is 12.1 Å². The van der Waals surface area contributed by atoms with Crippen LogP contribution in [0, 0.1) is 5.82 Å². The first kappa shape index (κ1) is 10.6. The van der Waals surface area contributed by atoms with Crippen molar-refractivity contribution in [3.05, 3.63) is 35.1 Å². The van der Waals surface area contributed by atoms with Crippen LogP contribution in [-0.4, -0.2) is 6.04 Å². The Morgan fingerprint density at radius 1 is 1.53 bits per heavy atom. The molecule has 0 saturated carbocycles. The Balaban J connectivity index is 2.16. The van der Waals surface area contributed by atoms with Crippen LogP contribution in [0.15, 0.2) is 18.2 Å². The van der Waals surface area contributed by atoms with Crippen LogP contribution in [-0.2, 0) is 6.42 Å². The maximum Gasteiger partial charge on any atom is 0.123 e. The number of fused-ring (bicyclic) bond motifs is 1. The van der Waals surface area contributed by atoms with Crippen LogP contribution >= 0.6 is 0 Å². The van der Waals surface area contributed by atoms with E-state index in [1.54, 1.807) is 12.1 Å². The van der Waals surface area contributed by atoms with Gasteiger partial charge in [-0.1, -0.05) is 13.0 Å². The van der Waals surface area contributed by atoms with Crippen LogP contribution in [0.25, 0.3) is 0 Å². The van der Waals surface area contributed by atoms with E-state index in [9.17, 15) is 4.39 Å². The number of benzene rings is 1. The Morgan fingerprint density at radius 2 is 2.33 bits per heavy atom. The monoisotopic (exact) mass is 207 g/mol. The molecule has 0 radical (unpaired) electrons. The molecular weight excluding hydrogens is 189 g/mol. The lowest BCUT2D eigenvalue weighted by molar-refractivity contribution is 0.443. The lowest BCUT2D eigenvalue weighted by Gasteiger charge is -2.19. The molecular formula is C13H18FN. The molecule has 1 aliphatic rings. The van der Waals surface area contributed by atoms with Crippen molar-refractivity contribution in [2.45, 2.75) is 45.2 Å². The van der Waals surface area contributed by atoms with E-state index in [-0.39, 0.29) is 5.82 Å². The first-order chi connectivity index (χ1) is 7.20. The van der Waals surface area contributed by atoms with E-state index in [0.717, 1.165) is 24.8 Å². The van der Waals surface area contributed by atoms with Gasteiger partial charge in [0.1, 0.15) is 5.82 Å². The smallest absolute Gasteiger partial charge is 0.123 e. The summed E-state index contributed by atoms with van der Waals surface area (Å²) in [5, 5.41) is 3.55. The van der Waals surface area contributed by atoms with Gasteiger partial charge in [0.15, 0.2) is 0 Å². The van der Waals surface area contributed by atoms with Crippen LogP contribution in [0.4, 0.5) is 4.39 Å². The van der Waals surface area contributed by atoms with Crippen molar-refractivity contribution in [2.24, 2.45) is 0 Å². The highest BCUT2D eigenvalue weighted by Gasteiger charge is 2.23. The van der Waals surface area contributed by atoms with E-state index in [2.05, 4.69) is 19.2 Å². The number of nitrogens with one attached hydrogen (secondary N) is 1. The molecule has 0 amide bonds. The molecule has 0 fully saturated rings. The van der Waals surface area contributed by atoms with Crippen LogP contribution in [0.2, 0.25) is 0 Å². The predicted octanol–water partition coefficient (Wildman–Crippen LogP) is 3.20. The Bertz CT molecular complexity index is 348. The summed E-state index contributed by atoms with van der Waals surface area (Å²) in [6.07, 6.45) is 3.29. The van der Waals surface area contributed by atoms with Crippen molar-refractivity contribution in [1.82, 2.24) is 5.32 Å². The zero-order valence-corrected chi connectivity index (χ0v) is 9.39. The molecule has 0 aromatic heterocycles. The highest BCUT2D eigenvalue weighted by molar-refractivity contribution is 5.35. The zero-order valence-electron chi connectivity index (χ0n) is 9.39. The Kier molecular flexibility index (Phi) is 3.06. The van der Waals surface area contributed by atoms with Gasteiger partial charge in [-0.05, 0) is 49.4 Å². The van der Waals surface area contributed by atoms with Gasteiger partial charge in [0, 0.05) is 12.1 Å². The van der Waals surface area contributed by atoms with Gasteiger partial charge in [-0.3, -0.25) is 0 Å². The summed E-state index contributed by atoms with van der Waals surface area (Å²) in [5.41, 5.74) is 2.47. The van der Waals surface area contributed by atoms with Crippen molar-refractivity contribution < 1.29 is 4.39 Å². The quantitative estimate of drug-likeness (QED) is 0.802. The minimum absolute atomic E-state index is 0.119. The Labute approximate surface area is 90.7 Å². The van der Waals surface area contributed by atoms with Gasteiger partial charge in [-0.2, -0.15) is 0 Å². The van der Waals surface area contributed by atoms with Crippen molar-refractivity contribution in [3.8, 4) is 0 Å². The van der Waals surface area contributed by atoms with E-state index in [1.165, 1.54) is 5.56 Å². The fraction of sp³-hybridized carbons (Fsp3) is 0.538. The molecule has 2 rings (SSSR count). The average molecular weight is 207 g/mol. The second-order valence-electron chi connectivity index (χ2n) is 4.41. The number of halogens is 1. The molecule has 1 aromatic carbocycles. The Hall–Kier alpha value is -0.890. The average Bonchev–Trinajstić information content (AvgIpc) is 2.61. The molecule has 0 saturated heterocycles. The van der Waals surface area contributed by atoms with Crippen molar-refractivity contribution in [1.29, 1.82) is 0 Å². The molecule has 2 unspecified atom stereocenters. The fourth-order valence-electron chi connectivity index (χ4n) is 2.21. The molecule has 2 heteroatoms. The molecule has 1 N–H and O–H groups in total. The van der Waals surface area contributed by atoms with Crippen LogP contribution < -0.4 is 5.32 Å². The van der Waals surface area contributed by atoms with E-state index < -0.39 is 0 Å². The maximum atomic E-state index is 13.1. The lowest BCUT2D eigenvalue weighted by Crippen LogP contribution is -2.28. The summed E-state index contributed by atoms with van der Waals surface area (Å²) in [6.45, 7) is 4.34. The lowest BCUT2D eigenvalue weighted by atomic mass is 10.1. The first-order valence-corrected chi connectivity index (χ1v) is 5.75. The fourth-order valence-corrected chi connectivity index (χ4v) is 2.21. The number of hydrogen-bond acceptors (Lipinski definition) is 1. The molecule has 0 spiro atoms. The van der Waals surface area contributed by atoms with Crippen molar-refractivity contribution >= 4 is 0 Å². The molecule has 0 aliphatic heterocycles. The van der Waals surface area contributed by atoms with Crippen molar-refractivity contribution in [3.63, 3.8) is 0 Å². The van der Waals surface area contributed by atoms with E-state index in [1.807, 2.05) is 6.07 Å². The van der Waals surface area contributed by atoms with Crippen molar-refractivity contribution in [2.75, 3.05) is 0 Å². The van der Waals surface area contributed by atoms with Gasteiger partial charge in [-0.15, -0.1) is 0 Å². The third kappa shape index (κ3) is 2.20. The van der Waals surface area contributed by atoms with Gasteiger partial charge in [-0.25, -0.2) is 4.39 Å². The number of aryl methyl sites for hydroxylation is 1. The highest BCUT2D eigenvalue weighted by atomic mass is 19.1. The van der Waals surface area contributed by atoms with Gasteiger partial charge < -0.3 is 5.32 Å². The summed E-state index contributed by atoms with van der Waals surface area (Å²) >= 11 is 0. The second-order valence-corrected chi connectivity index (χ2v) is 4.41. The summed E-state index contributed by atoms with van der Waals surface area (Å²) in [7, 11) is 0. The summed E-state index contributed by atoms with van der Waals surface area (Å²) in [5.74, 6) is -0.119. The maximum absolute atomic E-state index is 13.1. The third-order valence-corrected chi connectivity index (χ3v) is 3.28. The minimum Gasteiger partial charge on any atom is -0.307 e. The second kappa shape index (κ2) is 4.31. The largest absolute Gasteiger partial charge is 0.307 e. The molecule has 1 aromatic rings. The summed E-state index contributed by atoms with van der Waals surface area (Å²) < 4.78 is 13.1. The molecule has 2 atom stereocenters. The molecule has 1 nitrogen and oxygen atoms in total. The summed E-state index contributed by atoms with van der Waals surface area (Å²) in [6, 6.07) is 6.02. The third-order valence-electron chi connectivity index (χ3n) is 3.28. The number of hydrogen-bond donors (Lipinski definition) is 1. The van der Waals surface area contributed by atoms with Gasteiger partial charge in [0.25, 0.3) is 0 Å². The molecule has 82 valence electrons. The van der Waals surface area contributed by atoms with E-state index in [4.69, 9.17) is 0 Å². The standard InChI is InChI=1S/C13H18FN/c1-3-9(2)15-13-7-5-10-4-6-11(14)8-12(10)13/h4,6,8-9,13,15H,3,5,7H2,1-2H3. The van der Waals surface area contributed by atoms with Crippen LogP contribution in [0.3, 0.4) is 0 Å². The van der Waals surface area contributed by atoms with Crippen LogP contribution in [0.5, 0.6) is 0 Å². The highest BCUT2D eigenvalue weighted by Crippen LogP contribution is 2.31. The first-order valence-electron chi connectivity index (χ1n) is 5.75. The predicted molar refractivity (Wildman–Crippen MR) is 60.4 cm³/mol. The van der Waals surface area contributed by atoms with Gasteiger partial charge >= 0.3 is 0 Å². The van der Waals surface area contributed by atoms with E-state index >= 15 is 0 Å². The molecule has 1 aliphatic carbocycles. The van der Waals surface area contributed by atoms with Gasteiger partial charge in [0.05, 0.1) is 0 Å². The normalized spacial score (nSPS) is 21.4. The number of rotatable bonds is 3. The minimum atomic E-state index is -0.119. The Morgan fingerprint density at radius 3 is 3.07 bits per heavy atom. The van der Waals surface area contributed by atoms with Crippen LogP contribution in [0.1, 0.15) is 43.9 Å². The molecule has 15 heavy (non-hydrogen) atoms. The zero-order chi connectivity index (χ0) is 10.8. The molecule has 0 heterocycles. The summed E-state index contributed by atoms with van der Waals surface area (Å²) in [4.78, 5) is 0. The topological polar surface area (TPSA) is 12.0 Å². The molecule has 0 bridgehead atoms. The van der Waals surface area contributed by atoms with Gasteiger partial charge in [0.2, 0.25) is 0 Å².